The van der Waals surface area contributed by atoms with Crippen LogP contribution in [0.3, 0.4) is 0 Å². The number of amides is 1. The molecule has 3 nitrogen and oxygen atoms in total. The quantitative estimate of drug-likeness (QED) is 0.606. The number of hydrogen-bond donors (Lipinski definition) is 0. The van der Waals surface area contributed by atoms with Crippen molar-refractivity contribution in [3.63, 3.8) is 0 Å². The van der Waals surface area contributed by atoms with Crippen molar-refractivity contribution >= 4 is 29.1 Å². The first-order chi connectivity index (χ1) is 9.09. The summed E-state index contributed by atoms with van der Waals surface area (Å²) >= 11 is 11.9. The third-order valence-corrected chi connectivity index (χ3v) is 4.22. The van der Waals surface area contributed by atoms with Crippen molar-refractivity contribution in [1.82, 2.24) is 9.88 Å². The van der Waals surface area contributed by atoms with Crippen LogP contribution in [0.15, 0.2) is 12.1 Å². The van der Waals surface area contributed by atoms with Gasteiger partial charge in [-0.05, 0) is 25.0 Å². The van der Waals surface area contributed by atoms with Crippen LogP contribution < -0.4 is 0 Å². The molecule has 104 valence electrons. The molecule has 0 unspecified atom stereocenters. The van der Waals surface area contributed by atoms with E-state index in [4.69, 9.17) is 23.2 Å². The minimum absolute atomic E-state index is 0.139. The summed E-state index contributed by atoms with van der Waals surface area (Å²) in [6, 6.07) is 3.49. The minimum Gasteiger partial charge on any atom is -0.337 e. The van der Waals surface area contributed by atoms with Crippen LogP contribution in [0.25, 0.3) is 0 Å². The van der Waals surface area contributed by atoms with Gasteiger partial charge in [-0.1, -0.05) is 48.9 Å². The minimum atomic E-state index is -0.139. The number of hydrogen-bond acceptors (Lipinski definition) is 2. The van der Waals surface area contributed by atoms with Crippen molar-refractivity contribution in [3.05, 3.63) is 28.0 Å². The number of aromatic nitrogens is 1. The Hall–Kier alpha value is -0.800. The predicted molar refractivity (Wildman–Crippen MR) is 77.8 cm³/mol. The maximum Gasteiger partial charge on any atom is 0.274 e. The summed E-state index contributed by atoms with van der Waals surface area (Å²) in [7, 11) is 1.83. The molecule has 1 aromatic rings. The van der Waals surface area contributed by atoms with Gasteiger partial charge in [0.1, 0.15) is 10.8 Å². The van der Waals surface area contributed by atoms with Gasteiger partial charge >= 0.3 is 0 Å². The van der Waals surface area contributed by atoms with Crippen LogP contribution in [-0.2, 0) is 0 Å². The van der Waals surface area contributed by atoms with Crippen molar-refractivity contribution in [3.8, 4) is 0 Å². The van der Waals surface area contributed by atoms with Crippen molar-refractivity contribution in [1.29, 1.82) is 0 Å². The fraction of sp³-hybridized carbons (Fsp3) is 0.571. The van der Waals surface area contributed by atoms with Crippen LogP contribution in [0.1, 0.15) is 49.0 Å². The van der Waals surface area contributed by atoms with Crippen LogP contribution in [0.2, 0.25) is 10.2 Å². The van der Waals surface area contributed by atoms with Crippen molar-refractivity contribution in [2.24, 2.45) is 0 Å². The average Bonchev–Trinajstić information content (AvgIpc) is 2.69. The smallest absolute Gasteiger partial charge is 0.274 e. The molecular formula is C14H18Cl2N2O. The van der Waals surface area contributed by atoms with E-state index in [2.05, 4.69) is 4.98 Å². The topological polar surface area (TPSA) is 33.2 Å². The van der Waals surface area contributed by atoms with Crippen molar-refractivity contribution in [2.75, 3.05) is 7.05 Å². The molecule has 2 rings (SSSR count). The zero-order valence-corrected chi connectivity index (χ0v) is 12.5. The Bertz CT molecular complexity index is 457. The third-order valence-electron chi connectivity index (χ3n) is 3.71. The highest BCUT2D eigenvalue weighted by Crippen LogP contribution is 2.24. The number of carbonyl (C=O) groups is 1. The summed E-state index contributed by atoms with van der Waals surface area (Å²) < 4.78 is 0. The van der Waals surface area contributed by atoms with Crippen LogP contribution in [0.5, 0.6) is 0 Å². The van der Waals surface area contributed by atoms with Gasteiger partial charge in [0.25, 0.3) is 5.91 Å². The fourth-order valence-electron chi connectivity index (χ4n) is 2.55. The number of rotatable bonds is 2. The molecule has 1 aliphatic carbocycles. The van der Waals surface area contributed by atoms with Gasteiger partial charge in [0, 0.05) is 13.1 Å². The summed E-state index contributed by atoms with van der Waals surface area (Å²) in [4.78, 5) is 18.3. The zero-order chi connectivity index (χ0) is 13.8. The lowest BCUT2D eigenvalue weighted by Crippen LogP contribution is -2.37. The first-order valence-electron chi connectivity index (χ1n) is 6.69. The molecule has 1 fully saturated rings. The van der Waals surface area contributed by atoms with E-state index >= 15 is 0 Å². The van der Waals surface area contributed by atoms with E-state index in [1.54, 1.807) is 17.0 Å². The lowest BCUT2D eigenvalue weighted by Gasteiger charge is -2.27. The van der Waals surface area contributed by atoms with E-state index in [0.29, 0.717) is 10.2 Å². The fourth-order valence-corrected chi connectivity index (χ4v) is 2.88. The monoisotopic (exact) mass is 300 g/mol. The maximum atomic E-state index is 12.4. The molecule has 1 amide bonds. The van der Waals surface area contributed by atoms with Gasteiger partial charge in [0.05, 0.1) is 5.02 Å². The van der Waals surface area contributed by atoms with Gasteiger partial charge in [-0.15, -0.1) is 0 Å². The molecule has 0 radical (unpaired) electrons. The second-order valence-electron chi connectivity index (χ2n) is 5.03. The first kappa shape index (κ1) is 14.6. The van der Waals surface area contributed by atoms with E-state index in [1.165, 1.54) is 25.7 Å². The number of nitrogens with zero attached hydrogens (tertiary/aromatic N) is 2. The van der Waals surface area contributed by atoms with Crippen molar-refractivity contribution in [2.45, 2.75) is 44.6 Å². The predicted octanol–water partition coefficient (Wildman–Crippen LogP) is 4.18. The lowest BCUT2D eigenvalue weighted by molar-refractivity contribution is 0.0712. The summed E-state index contributed by atoms with van der Waals surface area (Å²) in [6.07, 6.45) is 6.99. The Morgan fingerprint density at radius 3 is 2.47 bits per heavy atom. The molecule has 0 atom stereocenters. The standard InChI is InChI=1S/C14H18Cl2N2O/c1-18(10-6-4-2-3-5-7-10)14(19)13-11(15)8-9-12(16)17-13/h8-10H,2-7H2,1H3. The van der Waals surface area contributed by atoms with E-state index in [0.717, 1.165) is 12.8 Å². The molecular weight excluding hydrogens is 283 g/mol. The molecule has 0 N–H and O–H groups in total. The van der Waals surface area contributed by atoms with Gasteiger partial charge in [0.15, 0.2) is 0 Å². The molecule has 1 aromatic heterocycles. The van der Waals surface area contributed by atoms with E-state index in [9.17, 15) is 4.79 Å². The third kappa shape index (κ3) is 3.61. The van der Waals surface area contributed by atoms with Crippen molar-refractivity contribution < 1.29 is 4.79 Å². The Labute approximate surface area is 123 Å². The number of carbonyl (C=O) groups excluding carboxylic acids is 1. The summed E-state index contributed by atoms with van der Waals surface area (Å²) in [5.41, 5.74) is 0.251. The molecule has 0 aliphatic heterocycles. The SMILES string of the molecule is CN(C(=O)c1nc(Cl)ccc1Cl)C1CCCCCC1. The molecule has 19 heavy (non-hydrogen) atoms. The Kier molecular flexibility index (Phi) is 5.06. The average molecular weight is 301 g/mol. The van der Waals surface area contributed by atoms with Crippen LogP contribution in [0, 0.1) is 0 Å². The number of pyridine rings is 1. The van der Waals surface area contributed by atoms with Crippen LogP contribution >= 0.6 is 23.2 Å². The normalized spacial score (nSPS) is 17.0. The first-order valence-corrected chi connectivity index (χ1v) is 7.44. The lowest BCUT2D eigenvalue weighted by atomic mass is 10.1. The summed E-state index contributed by atoms with van der Waals surface area (Å²) in [5, 5.41) is 0.650. The molecule has 0 spiro atoms. The van der Waals surface area contributed by atoms with Gasteiger partial charge in [0.2, 0.25) is 0 Å². The molecule has 0 bridgehead atoms. The van der Waals surface area contributed by atoms with Gasteiger partial charge < -0.3 is 4.90 Å². The highest BCUT2D eigenvalue weighted by Gasteiger charge is 2.24. The molecule has 0 saturated heterocycles. The highest BCUT2D eigenvalue weighted by molar-refractivity contribution is 6.34. The highest BCUT2D eigenvalue weighted by atomic mass is 35.5. The molecule has 1 heterocycles. The van der Waals surface area contributed by atoms with Gasteiger partial charge in [-0.2, -0.15) is 0 Å². The Morgan fingerprint density at radius 1 is 1.21 bits per heavy atom. The number of halogens is 2. The second kappa shape index (κ2) is 6.58. The summed E-state index contributed by atoms with van der Waals surface area (Å²) in [5.74, 6) is -0.139. The Morgan fingerprint density at radius 2 is 1.84 bits per heavy atom. The largest absolute Gasteiger partial charge is 0.337 e. The summed E-state index contributed by atoms with van der Waals surface area (Å²) in [6.45, 7) is 0. The second-order valence-corrected chi connectivity index (χ2v) is 5.82. The van der Waals surface area contributed by atoms with E-state index in [1.807, 2.05) is 7.05 Å². The Balaban J connectivity index is 2.15. The van der Waals surface area contributed by atoms with Gasteiger partial charge in [-0.25, -0.2) is 4.98 Å². The molecule has 1 aliphatic rings. The van der Waals surface area contributed by atoms with E-state index in [-0.39, 0.29) is 17.6 Å². The zero-order valence-electron chi connectivity index (χ0n) is 11.0. The molecule has 5 heteroatoms. The molecule has 0 aromatic carbocycles. The van der Waals surface area contributed by atoms with E-state index < -0.39 is 0 Å². The van der Waals surface area contributed by atoms with Gasteiger partial charge in [-0.3, -0.25) is 4.79 Å². The maximum absolute atomic E-state index is 12.4. The van der Waals surface area contributed by atoms with Crippen LogP contribution in [0.4, 0.5) is 0 Å². The molecule has 1 saturated carbocycles. The van der Waals surface area contributed by atoms with Crippen LogP contribution in [-0.4, -0.2) is 28.9 Å².